The van der Waals surface area contributed by atoms with Crippen molar-refractivity contribution in [3.05, 3.63) is 94.8 Å². The van der Waals surface area contributed by atoms with Gasteiger partial charge < -0.3 is 10.1 Å². The number of methoxy groups -OCH3 is 1. The predicted octanol–water partition coefficient (Wildman–Crippen LogP) is 3.69. The first kappa shape index (κ1) is 23.7. The maximum absolute atomic E-state index is 13.1. The number of carbonyl (C=O) groups excluding carboxylic acids is 1. The summed E-state index contributed by atoms with van der Waals surface area (Å²) in [5.74, 6) is -0.558. The van der Waals surface area contributed by atoms with Gasteiger partial charge in [-0.2, -0.15) is 4.72 Å². The van der Waals surface area contributed by atoms with Gasteiger partial charge in [0.05, 0.1) is 17.0 Å². The fourth-order valence-electron chi connectivity index (χ4n) is 3.02. The standard InChI is InChI=1S/C23H22ClFN2O4S/c1-31-22-12-11-19(14-20(22)24)32(29,30)27-21(13-16-5-3-2-4-6-16)23(28)26-15-17-7-9-18(25)10-8-17/h2-12,14,21,27H,13,15H2,1H3,(H,26,28). The summed E-state index contributed by atoms with van der Waals surface area (Å²) in [6.45, 7) is 0.125. The largest absolute Gasteiger partial charge is 0.495 e. The van der Waals surface area contributed by atoms with Crippen molar-refractivity contribution in [2.75, 3.05) is 7.11 Å². The number of carbonyl (C=O) groups is 1. The SMILES string of the molecule is COc1ccc(S(=O)(=O)NC(Cc2ccccc2)C(=O)NCc2ccc(F)cc2)cc1Cl. The molecule has 0 aliphatic carbocycles. The van der Waals surface area contributed by atoms with Crippen molar-refractivity contribution >= 4 is 27.5 Å². The molecule has 3 aromatic rings. The van der Waals surface area contributed by atoms with Crippen LogP contribution in [0, 0.1) is 5.82 Å². The molecule has 1 atom stereocenters. The Bertz CT molecular complexity index is 1170. The van der Waals surface area contributed by atoms with Crippen molar-refractivity contribution in [3.63, 3.8) is 0 Å². The van der Waals surface area contributed by atoms with Crippen molar-refractivity contribution in [2.24, 2.45) is 0 Å². The van der Waals surface area contributed by atoms with E-state index in [0.717, 1.165) is 5.56 Å². The molecule has 0 spiro atoms. The summed E-state index contributed by atoms with van der Waals surface area (Å²) < 4.78 is 46.6. The highest BCUT2D eigenvalue weighted by Crippen LogP contribution is 2.27. The van der Waals surface area contributed by atoms with Crippen LogP contribution in [0.3, 0.4) is 0 Å². The summed E-state index contributed by atoms with van der Waals surface area (Å²) in [6, 6.07) is 17.7. The number of hydrogen-bond acceptors (Lipinski definition) is 4. The van der Waals surface area contributed by atoms with E-state index >= 15 is 0 Å². The van der Waals surface area contributed by atoms with E-state index in [-0.39, 0.29) is 28.7 Å². The van der Waals surface area contributed by atoms with Crippen LogP contribution in [0.25, 0.3) is 0 Å². The second-order valence-electron chi connectivity index (χ2n) is 7.00. The van der Waals surface area contributed by atoms with E-state index in [9.17, 15) is 17.6 Å². The third-order valence-corrected chi connectivity index (χ3v) is 6.47. The second kappa shape index (κ2) is 10.6. The average Bonchev–Trinajstić information content (AvgIpc) is 2.78. The predicted molar refractivity (Wildman–Crippen MR) is 121 cm³/mol. The van der Waals surface area contributed by atoms with E-state index in [1.54, 1.807) is 36.4 Å². The zero-order valence-electron chi connectivity index (χ0n) is 17.2. The van der Waals surface area contributed by atoms with Gasteiger partial charge >= 0.3 is 0 Å². The Hall–Kier alpha value is -2.94. The Morgan fingerprint density at radius 1 is 1.03 bits per heavy atom. The summed E-state index contributed by atoms with van der Waals surface area (Å²) in [5, 5.41) is 2.84. The molecule has 0 bridgehead atoms. The zero-order valence-corrected chi connectivity index (χ0v) is 18.8. The minimum atomic E-state index is -4.06. The summed E-state index contributed by atoms with van der Waals surface area (Å²) >= 11 is 6.07. The monoisotopic (exact) mass is 476 g/mol. The molecule has 3 aromatic carbocycles. The highest BCUT2D eigenvalue weighted by Gasteiger charge is 2.26. The van der Waals surface area contributed by atoms with Crippen molar-refractivity contribution in [2.45, 2.75) is 23.9 Å². The molecule has 0 heterocycles. The number of benzene rings is 3. The van der Waals surface area contributed by atoms with Crippen LogP contribution in [0.1, 0.15) is 11.1 Å². The molecule has 0 saturated carbocycles. The minimum Gasteiger partial charge on any atom is -0.495 e. The van der Waals surface area contributed by atoms with Crippen LogP contribution in [-0.2, 0) is 27.8 Å². The first-order chi connectivity index (χ1) is 15.3. The maximum Gasteiger partial charge on any atom is 0.241 e. The molecule has 0 aliphatic heterocycles. The van der Waals surface area contributed by atoms with E-state index < -0.39 is 22.0 Å². The Kier molecular flexibility index (Phi) is 7.84. The molecule has 0 aromatic heterocycles. The summed E-state index contributed by atoms with van der Waals surface area (Å²) in [4.78, 5) is 12.8. The van der Waals surface area contributed by atoms with E-state index in [1.165, 1.54) is 37.4 Å². The fourth-order valence-corrected chi connectivity index (χ4v) is 4.57. The Balaban J connectivity index is 1.80. The fraction of sp³-hybridized carbons (Fsp3) is 0.174. The smallest absolute Gasteiger partial charge is 0.241 e. The van der Waals surface area contributed by atoms with Crippen LogP contribution >= 0.6 is 11.6 Å². The highest BCUT2D eigenvalue weighted by molar-refractivity contribution is 7.89. The van der Waals surface area contributed by atoms with Crippen LogP contribution in [0.5, 0.6) is 5.75 Å². The lowest BCUT2D eigenvalue weighted by Gasteiger charge is -2.19. The number of rotatable bonds is 9. The second-order valence-corrected chi connectivity index (χ2v) is 9.13. The topological polar surface area (TPSA) is 84.5 Å². The van der Waals surface area contributed by atoms with E-state index in [0.29, 0.717) is 11.3 Å². The first-order valence-corrected chi connectivity index (χ1v) is 11.6. The lowest BCUT2D eigenvalue weighted by Crippen LogP contribution is -2.47. The molecule has 2 N–H and O–H groups in total. The highest BCUT2D eigenvalue weighted by atomic mass is 35.5. The zero-order chi connectivity index (χ0) is 23.1. The van der Waals surface area contributed by atoms with Crippen molar-refractivity contribution in [1.82, 2.24) is 10.0 Å². The van der Waals surface area contributed by atoms with Crippen molar-refractivity contribution in [3.8, 4) is 5.75 Å². The first-order valence-electron chi connectivity index (χ1n) is 9.70. The maximum atomic E-state index is 13.1. The molecule has 0 radical (unpaired) electrons. The van der Waals surface area contributed by atoms with Gasteiger partial charge in [0.1, 0.15) is 17.6 Å². The molecule has 1 amide bonds. The molecule has 9 heteroatoms. The normalized spacial score (nSPS) is 12.2. The van der Waals surface area contributed by atoms with Crippen LogP contribution in [0.15, 0.2) is 77.7 Å². The summed E-state index contributed by atoms with van der Waals surface area (Å²) in [6.07, 6.45) is 0.138. The summed E-state index contributed by atoms with van der Waals surface area (Å²) in [7, 11) is -2.64. The Morgan fingerprint density at radius 2 is 1.72 bits per heavy atom. The average molecular weight is 477 g/mol. The van der Waals surface area contributed by atoms with Crippen LogP contribution in [0.2, 0.25) is 5.02 Å². The third kappa shape index (κ3) is 6.29. The Labute approximate surface area is 191 Å². The van der Waals surface area contributed by atoms with Gasteiger partial charge in [0, 0.05) is 6.54 Å². The molecule has 0 fully saturated rings. The van der Waals surface area contributed by atoms with Gasteiger partial charge in [0.25, 0.3) is 0 Å². The van der Waals surface area contributed by atoms with Crippen LogP contribution < -0.4 is 14.8 Å². The molecular formula is C23H22ClFN2O4S. The Morgan fingerprint density at radius 3 is 2.34 bits per heavy atom. The van der Waals surface area contributed by atoms with Gasteiger partial charge in [0.2, 0.25) is 15.9 Å². The lowest BCUT2D eigenvalue weighted by molar-refractivity contribution is -0.122. The van der Waals surface area contributed by atoms with Crippen molar-refractivity contribution < 1.29 is 22.3 Å². The van der Waals surface area contributed by atoms with Gasteiger partial charge in [-0.3, -0.25) is 4.79 Å². The number of hydrogen-bond donors (Lipinski definition) is 2. The molecule has 6 nitrogen and oxygen atoms in total. The number of ether oxygens (including phenoxy) is 1. The van der Waals surface area contributed by atoms with E-state index in [2.05, 4.69) is 10.0 Å². The van der Waals surface area contributed by atoms with E-state index in [4.69, 9.17) is 16.3 Å². The molecule has 0 saturated heterocycles. The molecule has 3 rings (SSSR count). The summed E-state index contributed by atoms with van der Waals surface area (Å²) in [5.41, 5.74) is 1.47. The van der Waals surface area contributed by atoms with Gasteiger partial charge in [-0.05, 0) is 47.9 Å². The molecule has 0 aliphatic rings. The molecular weight excluding hydrogens is 455 g/mol. The van der Waals surface area contributed by atoms with Crippen molar-refractivity contribution in [1.29, 1.82) is 0 Å². The molecule has 1 unspecified atom stereocenters. The third-order valence-electron chi connectivity index (χ3n) is 4.71. The number of nitrogens with one attached hydrogen (secondary N) is 2. The number of sulfonamides is 1. The van der Waals surface area contributed by atoms with Gasteiger partial charge in [-0.1, -0.05) is 54.1 Å². The molecule has 168 valence electrons. The molecule has 32 heavy (non-hydrogen) atoms. The quantitative estimate of drug-likeness (QED) is 0.493. The number of halogens is 2. The van der Waals surface area contributed by atoms with Gasteiger partial charge in [-0.15, -0.1) is 0 Å². The number of amides is 1. The van der Waals surface area contributed by atoms with Crippen LogP contribution in [0.4, 0.5) is 4.39 Å². The lowest BCUT2D eigenvalue weighted by atomic mass is 10.1. The van der Waals surface area contributed by atoms with E-state index in [1.807, 2.05) is 6.07 Å². The van der Waals surface area contributed by atoms with Gasteiger partial charge in [-0.25, -0.2) is 12.8 Å². The van der Waals surface area contributed by atoms with Crippen LogP contribution in [-0.4, -0.2) is 27.5 Å². The minimum absolute atomic E-state index is 0.0901. The van der Waals surface area contributed by atoms with Gasteiger partial charge in [0.15, 0.2) is 0 Å².